The van der Waals surface area contributed by atoms with Crippen LogP contribution in [0.2, 0.25) is 0 Å². The van der Waals surface area contributed by atoms with Gasteiger partial charge in [-0.15, -0.1) is 0 Å². The van der Waals surface area contributed by atoms with E-state index in [9.17, 15) is 14.8 Å². The summed E-state index contributed by atoms with van der Waals surface area (Å²) in [5.41, 5.74) is 8.11. The molecule has 0 fully saturated rings. The molecule has 0 saturated carbocycles. The van der Waals surface area contributed by atoms with Crippen LogP contribution >= 0.6 is 0 Å². The van der Waals surface area contributed by atoms with E-state index in [4.69, 9.17) is 0 Å². The largest absolute Gasteiger partial charge is 0.286 e. The van der Waals surface area contributed by atoms with Gasteiger partial charge in [-0.25, -0.2) is 10.0 Å². The molecule has 1 atom stereocenters. The lowest BCUT2D eigenvalue weighted by Gasteiger charge is -2.20. The van der Waals surface area contributed by atoms with Crippen molar-refractivity contribution < 1.29 is 14.8 Å². The molecule has 0 aliphatic rings. The topological polar surface area (TPSA) is 112 Å². The minimum Gasteiger partial charge on any atom is -0.286 e. The highest BCUT2D eigenvalue weighted by Crippen LogP contribution is 2.22. The van der Waals surface area contributed by atoms with Crippen LogP contribution in [-0.4, -0.2) is 43.9 Å². The number of hydroxylamine groups is 2. The van der Waals surface area contributed by atoms with Crippen molar-refractivity contribution in [2.75, 3.05) is 12.0 Å². The summed E-state index contributed by atoms with van der Waals surface area (Å²) in [6.45, 7) is 5.92. The molecule has 0 saturated heterocycles. The van der Waals surface area contributed by atoms with Crippen LogP contribution in [-0.2, 0) is 16.6 Å². The van der Waals surface area contributed by atoms with Crippen molar-refractivity contribution in [2.45, 2.75) is 46.5 Å². The third kappa shape index (κ3) is 5.16. The Bertz CT molecular complexity index is 804. The molecule has 2 aromatic rings. The number of amides is 2. The number of anilines is 1. The third-order valence-corrected chi connectivity index (χ3v) is 4.54. The maximum Gasteiger partial charge on any atom is 0.243 e. The van der Waals surface area contributed by atoms with Crippen LogP contribution in [0, 0.1) is 19.8 Å². The minimum absolute atomic E-state index is 0.0485. The first kappa shape index (κ1) is 20.6. The molecule has 2 amide bonds. The van der Waals surface area contributed by atoms with Crippen LogP contribution in [0.5, 0.6) is 0 Å². The molecule has 0 aromatic carbocycles. The summed E-state index contributed by atoms with van der Waals surface area (Å²) >= 11 is 0. The Balaban J connectivity index is 2.08. The number of carbonyl (C=O) groups is 2. The van der Waals surface area contributed by atoms with Gasteiger partial charge < -0.3 is 0 Å². The lowest BCUT2D eigenvalue weighted by molar-refractivity contribution is -0.154. The normalized spacial score (nSPS) is 12.0. The van der Waals surface area contributed by atoms with Crippen molar-refractivity contribution in [3.05, 3.63) is 17.3 Å². The van der Waals surface area contributed by atoms with Gasteiger partial charge in [0.05, 0.1) is 18.2 Å². The fraction of sp³-hybridized carbons (Fsp3) is 0.556. The van der Waals surface area contributed by atoms with E-state index in [-0.39, 0.29) is 12.5 Å². The highest BCUT2D eigenvalue weighted by molar-refractivity contribution is 5.84. The maximum absolute atomic E-state index is 12.5. The van der Waals surface area contributed by atoms with Crippen LogP contribution in [0.1, 0.15) is 43.9 Å². The van der Waals surface area contributed by atoms with Crippen molar-refractivity contribution >= 4 is 29.2 Å². The SMILES string of the molecule is CCCCCC(CN(O)C=O)C(=O)NNc1cc(C)c2c(C)nn(C)c2n1. The molecule has 2 aromatic heterocycles. The van der Waals surface area contributed by atoms with Gasteiger partial charge in [-0.1, -0.05) is 26.2 Å². The Kier molecular flexibility index (Phi) is 7.12. The first-order valence-corrected chi connectivity index (χ1v) is 9.15. The van der Waals surface area contributed by atoms with Gasteiger partial charge in [0.25, 0.3) is 0 Å². The number of pyridine rings is 1. The number of fused-ring (bicyclic) bond motifs is 1. The van der Waals surface area contributed by atoms with Gasteiger partial charge >= 0.3 is 0 Å². The summed E-state index contributed by atoms with van der Waals surface area (Å²) in [7, 11) is 1.82. The summed E-state index contributed by atoms with van der Waals surface area (Å²) < 4.78 is 1.70. The Morgan fingerprint density at radius 1 is 1.41 bits per heavy atom. The van der Waals surface area contributed by atoms with Crippen molar-refractivity contribution in [1.29, 1.82) is 0 Å². The second-order valence-electron chi connectivity index (χ2n) is 6.77. The fourth-order valence-electron chi connectivity index (χ4n) is 3.17. The number of rotatable bonds is 10. The summed E-state index contributed by atoms with van der Waals surface area (Å²) in [6.07, 6.45) is 3.74. The monoisotopic (exact) mass is 376 g/mol. The second kappa shape index (κ2) is 9.31. The predicted molar refractivity (Wildman–Crippen MR) is 102 cm³/mol. The Labute approximate surface area is 158 Å². The zero-order valence-corrected chi connectivity index (χ0v) is 16.3. The summed E-state index contributed by atoms with van der Waals surface area (Å²) in [5, 5.41) is 15.3. The molecule has 0 aliphatic carbocycles. The molecule has 9 nitrogen and oxygen atoms in total. The van der Waals surface area contributed by atoms with Crippen LogP contribution in [0.25, 0.3) is 11.0 Å². The lowest BCUT2D eigenvalue weighted by atomic mass is 10.0. The molecule has 0 radical (unpaired) electrons. The van der Waals surface area contributed by atoms with E-state index in [2.05, 4.69) is 27.9 Å². The molecule has 3 N–H and O–H groups in total. The van der Waals surface area contributed by atoms with Crippen molar-refractivity contribution in [3.8, 4) is 0 Å². The van der Waals surface area contributed by atoms with Crippen LogP contribution in [0.4, 0.5) is 5.82 Å². The number of hydrazine groups is 1. The van der Waals surface area contributed by atoms with Crippen molar-refractivity contribution in [2.24, 2.45) is 13.0 Å². The first-order chi connectivity index (χ1) is 12.9. The van der Waals surface area contributed by atoms with Gasteiger partial charge in [-0.05, 0) is 31.9 Å². The smallest absolute Gasteiger partial charge is 0.243 e. The first-order valence-electron chi connectivity index (χ1n) is 9.15. The van der Waals surface area contributed by atoms with E-state index in [1.807, 2.05) is 27.0 Å². The van der Waals surface area contributed by atoms with E-state index in [0.29, 0.717) is 23.7 Å². The molecule has 1 unspecified atom stereocenters. The van der Waals surface area contributed by atoms with Gasteiger partial charge in [0, 0.05) is 12.4 Å². The Hall–Kier alpha value is -2.68. The van der Waals surface area contributed by atoms with E-state index in [1.165, 1.54) is 0 Å². The molecule has 9 heteroatoms. The number of aryl methyl sites for hydroxylation is 3. The molecule has 2 rings (SSSR count). The molecule has 0 aliphatic heterocycles. The van der Waals surface area contributed by atoms with E-state index < -0.39 is 5.92 Å². The average Bonchev–Trinajstić information content (AvgIpc) is 2.93. The lowest BCUT2D eigenvalue weighted by Crippen LogP contribution is -2.40. The maximum atomic E-state index is 12.5. The number of nitrogens with one attached hydrogen (secondary N) is 2. The molecule has 148 valence electrons. The van der Waals surface area contributed by atoms with Crippen molar-refractivity contribution in [3.63, 3.8) is 0 Å². The fourth-order valence-corrected chi connectivity index (χ4v) is 3.17. The highest BCUT2D eigenvalue weighted by atomic mass is 16.5. The number of nitrogens with zero attached hydrogens (tertiary/aromatic N) is 4. The number of aromatic nitrogens is 3. The number of carbonyl (C=O) groups excluding carboxylic acids is 2. The standard InChI is InChI=1S/C18H28N6O3/c1-5-6-7-8-14(10-24(27)11-25)18(26)21-20-15-9-12(2)16-13(3)22-23(4)17(16)19-15/h9,11,14,27H,5-8,10H2,1-4H3,(H,19,20)(H,21,26). The molecule has 0 bridgehead atoms. The van der Waals surface area contributed by atoms with Gasteiger partial charge in [0.1, 0.15) is 5.82 Å². The number of hydrogen-bond donors (Lipinski definition) is 3. The zero-order valence-electron chi connectivity index (χ0n) is 16.3. The van der Waals surface area contributed by atoms with Gasteiger partial charge in [-0.3, -0.25) is 30.3 Å². The molecule has 27 heavy (non-hydrogen) atoms. The summed E-state index contributed by atoms with van der Waals surface area (Å²) in [5.74, 6) is -0.310. The van der Waals surface area contributed by atoms with E-state index in [0.717, 1.165) is 41.6 Å². The van der Waals surface area contributed by atoms with Gasteiger partial charge in [0.15, 0.2) is 5.65 Å². The van der Waals surface area contributed by atoms with Crippen LogP contribution in [0.3, 0.4) is 0 Å². The van der Waals surface area contributed by atoms with Gasteiger partial charge in [0.2, 0.25) is 12.3 Å². The molecular formula is C18H28N6O3. The Morgan fingerprint density at radius 2 is 2.15 bits per heavy atom. The number of hydrogen-bond acceptors (Lipinski definition) is 6. The predicted octanol–water partition coefficient (Wildman–Crippen LogP) is 2.07. The molecule has 0 spiro atoms. The number of unbranched alkanes of at least 4 members (excludes halogenated alkanes) is 2. The molecular weight excluding hydrogens is 348 g/mol. The van der Waals surface area contributed by atoms with Crippen LogP contribution in [0.15, 0.2) is 6.07 Å². The van der Waals surface area contributed by atoms with Crippen LogP contribution < -0.4 is 10.9 Å². The highest BCUT2D eigenvalue weighted by Gasteiger charge is 2.21. The second-order valence-corrected chi connectivity index (χ2v) is 6.77. The summed E-state index contributed by atoms with van der Waals surface area (Å²) in [6, 6.07) is 1.84. The average molecular weight is 376 g/mol. The van der Waals surface area contributed by atoms with Crippen molar-refractivity contribution in [1.82, 2.24) is 25.3 Å². The minimum atomic E-state index is -0.511. The third-order valence-electron chi connectivity index (χ3n) is 4.54. The summed E-state index contributed by atoms with van der Waals surface area (Å²) in [4.78, 5) is 27.7. The molecule has 2 heterocycles. The van der Waals surface area contributed by atoms with E-state index >= 15 is 0 Å². The Morgan fingerprint density at radius 3 is 2.81 bits per heavy atom. The van der Waals surface area contributed by atoms with Gasteiger partial charge in [-0.2, -0.15) is 5.10 Å². The zero-order chi connectivity index (χ0) is 20.0. The quantitative estimate of drug-likeness (QED) is 0.253. The van der Waals surface area contributed by atoms with E-state index in [1.54, 1.807) is 4.68 Å².